The molecule has 1 N–H and O–H groups in total. The second-order valence-electron chi connectivity index (χ2n) is 7.67. The largest absolute Gasteiger partial charge is 0.497 e. The highest BCUT2D eigenvalue weighted by Crippen LogP contribution is 2.23. The number of rotatable bonds is 8. The van der Waals surface area contributed by atoms with Crippen molar-refractivity contribution in [2.24, 2.45) is 0 Å². The van der Waals surface area contributed by atoms with Crippen LogP contribution in [0.3, 0.4) is 0 Å². The Morgan fingerprint density at radius 1 is 0.970 bits per heavy atom. The minimum atomic E-state index is -3.65. The third kappa shape index (κ3) is 4.81. The molecule has 2 aromatic carbocycles. The summed E-state index contributed by atoms with van der Waals surface area (Å²) in [6.07, 6.45) is 0. The average Bonchev–Trinajstić information content (AvgIpc) is 3.19. The maximum Gasteiger partial charge on any atom is 0.241 e. The molecule has 33 heavy (non-hydrogen) atoms. The van der Waals surface area contributed by atoms with Gasteiger partial charge in [-0.25, -0.2) is 13.1 Å². The van der Waals surface area contributed by atoms with Crippen LogP contribution in [0.15, 0.2) is 53.4 Å². The fourth-order valence-corrected chi connectivity index (χ4v) is 5.23. The smallest absolute Gasteiger partial charge is 0.241 e. The number of sulfonamides is 1. The highest BCUT2D eigenvalue weighted by molar-refractivity contribution is 7.89. The third-order valence-corrected chi connectivity index (χ3v) is 6.87. The summed E-state index contributed by atoms with van der Waals surface area (Å²) in [6, 6.07) is 14.5. The van der Waals surface area contributed by atoms with Gasteiger partial charge in [-0.05, 0) is 62.2 Å². The zero-order valence-electron chi connectivity index (χ0n) is 18.9. The van der Waals surface area contributed by atoms with Crippen LogP contribution in [0.25, 0.3) is 17.0 Å². The number of hydrogen-bond donors (Lipinski definition) is 1. The number of aryl methyl sites for hydroxylation is 3. The first kappa shape index (κ1) is 22.7. The molecule has 0 saturated heterocycles. The lowest BCUT2D eigenvalue weighted by molar-refractivity contribution is 0.306. The molecule has 10 heteroatoms. The molecule has 2 aromatic heterocycles. The average molecular weight is 468 g/mol. The summed E-state index contributed by atoms with van der Waals surface area (Å²) in [4.78, 5) is 0.307. The fraction of sp³-hybridized carbons (Fsp3) is 0.261. The van der Waals surface area contributed by atoms with Crippen molar-refractivity contribution < 1.29 is 17.9 Å². The number of fused-ring (bicyclic) bond motifs is 1. The van der Waals surface area contributed by atoms with Crippen LogP contribution in [0, 0.1) is 20.8 Å². The molecule has 9 nitrogen and oxygen atoms in total. The Labute approximate surface area is 192 Å². The van der Waals surface area contributed by atoms with E-state index in [-0.39, 0.29) is 13.2 Å². The SMILES string of the molecule is COc1ccc(-c2nnc3ccc(OCCNS(=O)(=O)c4c(C)cc(C)cc4C)nn23)cc1. The van der Waals surface area contributed by atoms with Crippen molar-refractivity contribution in [3.05, 3.63) is 65.2 Å². The molecule has 0 saturated carbocycles. The van der Waals surface area contributed by atoms with Crippen molar-refractivity contribution >= 4 is 15.7 Å². The van der Waals surface area contributed by atoms with Crippen LogP contribution in [-0.4, -0.2) is 48.5 Å². The van der Waals surface area contributed by atoms with E-state index in [0.717, 1.165) is 16.9 Å². The van der Waals surface area contributed by atoms with E-state index >= 15 is 0 Å². The zero-order valence-corrected chi connectivity index (χ0v) is 19.7. The highest BCUT2D eigenvalue weighted by atomic mass is 32.2. The van der Waals surface area contributed by atoms with Gasteiger partial charge in [-0.2, -0.15) is 4.52 Å². The Bertz CT molecular complexity index is 1380. The van der Waals surface area contributed by atoms with Crippen LogP contribution in [0.5, 0.6) is 11.6 Å². The number of aromatic nitrogens is 4. The van der Waals surface area contributed by atoms with Gasteiger partial charge in [-0.15, -0.1) is 15.3 Å². The molecular weight excluding hydrogens is 442 g/mol. The van der Waals surface area contributed by atoms with Crippen LogP contribution in [0.4, 0.5) is 0 Å². The van der Waals surface area contributed by atoms with Crippen molar-refractivity contribution in [3.8, 4) is 23.0 Å². The summed E-state index contributed by atoms with van der Waals surface area (Å²) < 4.78 is 40.6. The Hall–Kier alpha value is -3.50. The zero-order chi connectivity index (χ0) is 23.6. The number of nitrogens with one attached hydrogen (secondary N) is 1. The van der Waals surface area contributed by atoms with Crippen LogP contribution < -0.4 is 14.2 Å². The Morgan fingerprint density at radius 2 is 1.67 bits per heavy atom. The lowest BCUT2D eigenvalue weighted by atomic mass is 10.1. The van der Waals surface area contributed by atoms with E-state index < -0.39 is 10.0 Å². The fourth-order valence-electron chi connectivity index (χ4n) is 3.76. The van der Waals surface area contributed by atoms with Gasteiger partial charge in [0.05, 0.1) is 12.0 Å². The monoisotopic (exact) mass is 467 g/mol. The molecular formula is C23H25N5O4S. The molecule has 0 atom stereocenters. The molecule has 0 radical (unpaired) electrons. The number of methoxy groups -OCH3 is 1. The van der Waals surface area contributed by atoms with E-state index in [1.54, 1.807) is 37.6 Å². The summed E-state index contributed by atoms with van der Waals surface area (Å²) in [6.45, 7) is 5.74. The van der Waals surface area contributed by atoms with E-state index in [0.29, 0.717) is 33.4 Å². The number of ether oxygens (including phenoxy) is 2. The molecule has 0 unspecified atom stereocenters. The molecule has 172 valence electrons. The van der Waals surface area contributed by atoms with Crippen molar-refractivity contribution in [3.63, 3.8) is 0 Å². The molecule has 0 spiro atoms. The molecule has 4 rings (SSSR count). The topological polar surface area (TPSA) is 108 Å². The van der Waals surface area contributed by atoms with E-state index in [1.807, 2.05) is 43.3 Å². The predicted octanol–water partition coefficient (Wildman–Crippen LogP) is 3.08. The predicted molar refractivity (Wildman–Crippen MR) is 124 cm³/mol. The molecule has 0 fully saturated rings. The van der Waals surface area contributed by atoms with Gasteiger partial charge in [0.1, 0.15) is 12.4 Å². The van der Waals surface area contributed by atoms with Crippen LogP contribution in [0.1, 0.15) is 16.7 Å². The van der Waals surface area contributed by atoms with Gasteiger partial charge in [0.25, 0.3) is 0 Å². The lowest BCUT2D eigenvalue weighted by Gasteiger charge is -2.13. The van der Waals surface area contributed by atoms with Crippen molar-refractivity contribution in [1.29, 1.82) is 0 Å². The number of hydrogen-bond acceptors (Lipinski definition) is 7. The van der Waals surface area contributed by atoms with Crippen LogP contribution in [0.2, 0.25) is 0 Å². The first-order valence-corrected chi connectivity index (χ1v) is 11.8. The molecule has 2 heterocycles. The van der Waals surface area contributed by atoms with Gasteiger partial charge in [0, 0.05) is 18.2 Å². The van der Waals surface area contributed by atoms with Crippen LogP contribution in [-0.2, 0) is 10.0 Å². The van der Waals surface area contributed by atoms with Crippen molar-refractivity contribution in [2.75, 3.05) is 20.3 Å². The molecule has 4 aromatic rings. The molecule has 0 amide bonds. The summed E-state index contributed by atoms with van der Waals surface area (Å²) in [5.74, 6) is 1.63. The van der Waals surface area contributed by atoms with E-state index in [1.165, 1.54) is 0 Å². The van der Waals surface area contributed by atoms with E-state index in [9.17, 15) is 8.42 Å². The van der Waals surface area contributed by atoms with Crippen molar-refractivity contribution in [2.45, 2.75) is 25.7 Å². The highest BCUT2D eigenvalue weighted by Gasteiger charge is 2.19. The normalized spacial score (nSPS) is 11.6. The molecule has 0 aliphatic rings. The standard InChI is InChI=1S/C23H25N5O4S/c1-15-13-16(2)22(17(3)14-15)33(29,30)24-11-12-32-21-10-9-20-25-26-23(28(20)27-21)18-5-7-19(31-4)8-6-18/h5-10,13-14,24H,11-12H2,1-4H3. The second-order valence-corrected chi connectivity index (χ2v) is 9.37. The Kier molecular flexibility index (Phi) is 6.30. The summed E-state index contributed by atoms with van der Waals surface area (Å²) in [7, 11) is -2.05. The van der Waals surface area contributed by atoms with Crippen molar-refractivity contribution in [1.82, 2.24) is 24.5 Å². The van der Waals surface area contributed by atoms with E-state index in [4.69, 9.17) is 9.47 Å². The molecule has 0 aliphatic carbocycles. The Balaban J connectivity index is 1.45. The first-order chi connectivity index (χ1) is 15.8. The maximum atomic E-state index is 12.8. The van der Waals surface area contributed by atoms with Gasteiger partial charge in [0.15, 0.2) is 11.5 Å². The molecule has 0 bridgehead atoms. The van der Waals surface area contributed by atoms with Gasteiger partial charge < -0.3 is 9.47 Å². The van der Waals surface area contributed by atoms with Crippen LogP contribution >= 0.6 is 0 Å². The van der Waals surface area contributed by atoms with Gasteiger partial charge in [-0.3, -0.25) is 0 Å². The summed E-state index contributed by atoms with van der Waals surface area (Å²) in [5, 5.41) is 12.8. The second kappa shape index (κ2) is 9.16. The minimum Gasteiger partial charge on any atom is -0.497 e. The van der Waals surface area contributed by atoms with Gasteiger partial charge >= 0.3 is 0 Å². The van der Waals surface area contributed by atoms with Gasteiger partial charge in [0.2, 0.25) is 15.9 Å². The molecule has 0 aliphatic heterocycles. The quantitative estimate of drug-likeness (QED) is 0.397. The minimum absolute atomic E-state index is 0.0995. The maximum absolute atomic E-state index is 12.8. The number of nitrogens with zero attached hydrogens (tertiary/aromatic N) is 4. The lowest BCUT2D eigenvalue weighted by Crippen LogP contribution is -2.29. The van der Waals surface area contributed by atoms with Gasteiger partial charge in [-0.1, -0.05) is 17.7 Å². The van der Waals surface area contributed by atoms with E-state index in [2.05, 4.69) is 20.0 Å². The first-order valence-electron chi connectivity index (χ1n) is 10.4. The Morgan fingerprint density at radius 3 is 2.33 bits per heavy atom. The summed E-state index contributed by atoms with van der Waals surface area (Å²) in [5.41, 5.74) is 3.85. The summed E-state index contributed by atoms with van der Waals surface area (Å²) >= 11 is 0. The number of benzene rings is 2. The third-order valence-electron chi connectivity index (χ3n) is 5.10.